The normalized spacial score (nSPS) is 12.8. The lowest BCUT2D eigenvalue weighted by molar-refractivity contribution is -0.118. The van der Waals surface area contributed by atoms with Crippen molar-refractivity contribution in [2.75, 3.05) is 11.6 Å². The van der Waals surface area contributed by atoms with E-state index in [9.17, 15) is 21.6 Å². The highest BCUT2D eigenvalue weighted by molar-refractivity contribution is 7.93. The summed E-state index contributed by atoms with van der Waals surface area (Å²) in [5.41, 5.74) is 0.977. The average molecular weight is 422 g/mol. The smallest absolute Gasteiger partial charge is 0.302 e. The van der Waals surface area contributed by atoms with Crippen LogP contribution < -0.4 is 5.32 Å². The number of sulfone groups is 2. The van der Waals surface area contributed by atoms with Gasteiger partial charge in [0.2, 0.25) is 5.91 Å². The second-order valence-electron chi connectivity index (χ2n) is 6.70. The number of benzene rings is 2. The van der Waals surface area contributed by atoms with Gasteiger partial charge in [-0.25, -0.2) is 16.8 Å². The van der Waals surface area contributed by atoms with E-state index in [2.05, 4.69) is 10.3 Å². The Kier molecular flexibility index (Phi) is 4.80. The predicted octanol–water partition coefficient (Wildman–Crippen LogP) is 2.42. The maximum atomic E-state index is 13.0. The molecule has 0 unspecified atom stereocenters. The summed E-state index contributed by atoms with van der Waals surface area (Å²) in [5.74, 6) is -0.828. The Morgan fingerprint density at radius 3 is 2.11 bits per heavy atom. The number of nitrogens with zero attached hydrogens (tertiary/aromatic N) is 1. The Morgan fingerprint density at radius 1 is 0.964 bits per heavy atom. The highest BCUT2D eigenvalue weighted by atomic mass is 32.2. The van der Waals surface area contributed by atoms with Crippen molar-refractivity contribution < 1.29 is 26.0 Å². The number of carbonyl (C=O) groups excluding carboxylic acids is 1. The minimum absolute atomic E-state index is 0.0137. The number of hydrogen-bond donors (Lipinski definition) is 1. The Morgan fingerprint density at radius 2 is 1.54 bits per heavy atom. The second kappa shape index (κ2) is 6.71. The van der Waals surface area contributed by atoms with Gasteiger partial charge in [-0.1, -0.05) is 12.1 Å². The molecule has 0 spiro atoms. The number of fused-ring (bicyclic) bond motifs is 1. The number of anilines is 1. The van der Waals surface area contributed by atoms with E-state index >= 15 is 0 Å². The number of oxazole rings is 1. The van der Waals surface area contributed by atoms with Gasteiger partial charge in [0, 0.05) is 6.26 Å². The van der Waals surface area contributed by atoms with Crippen molar-refractivity contribution in [3.63, 3.8) is 0 Å². The molecule has 0 aliphatic carbocycles. The van der Waals surface area contributed by atoms with Crippen molar-refractivity contribution in [3.05, 3.63) is 48.5 Å². The van der Waals surface area contributed by atoms with Gasteiger partial charge in [0.1, 0.15) is 10.3 Å². The van der Waals surface area contributed by atoms with Crippen molar-refractivity contribution in [1.29, 1.82) is 0 Å². The first-order valence-electron chi connectivity index (χ1n) is 8.15. The van der Waals surface area contributed by atoms with Crippen LogP contribution in [0.15, 0.2) is 62.7 Å². The number of aromatic nitrogens is 1. The van der Waals surface area contributed by atoms with Gasteiger partial charge in [0.15, 0.2) is 25.3 Å². The van der Waals surface area contributed by atoms with E-state index in [1.165, 1.54) is 38.1 Å². The van der Waals surface area contributed by atoms with Crippen molar-refractivity contribution in [2.24, 2.45) is 0 Å². The summed E-state index contributed by atoms with van der Waals surface area (Å²) in [6, 6.07) is 11.5. The van der Waals surface area contributed by atoms with Crippen LogP contribution in [-0.2, 0) is 24.5 Å². The molecule has 10 heteroatoms. The molecule has 0 radical (unpaired) electrons. The predicted molar refractivity (Wildman–Crippen MR) is 103 cm³/mol. The molecule has 3 rings (SSSR count). The van der Waals surface area contributed by atoms with Crippen molar-refractivity contribution in [2.45, 2.75) is 28.4 Å². The number of nitrogens with one attached hydrogen (secondary N) is 1. The van der Waals surface area contributed by atoms with E-state index in [-0.39, 0.29) is 15.8 Å². The van der Waals surface area contributed by atoms with Gasteiger partial charge in [-0.2, -0.15) is 4.98 Å². The molecule has 148 valence electrons. The molecule has 0 aliphatic heterocycles. The third kappa shape index (κ3) is 3.52. The number of carbonyl (C=O) groups is 1. The first-order chi connectivity index (χ1) is 12.9. The van der Waals surface area contributed by atoms with Crippen LogP contribution in [0.5, 0.6) is 0 Å². The van der Waals surface area contributed by atoms with Crippen LogP contribution in [0.4, 0.5) is 6.01 Å². The van der Waals surface area contributed by atoms with Crippen LogP contribution in [0.1, 0.15) is 13.8 Å². The van der Waals surface area contributed by atoms with Crippen LogP contribution >= 0.6 is 0 Å². The molecular weight excluding hydrogens is 404 g/mol. The average Bonchev–Trinajstić information content (AvgIpc) is 3.03. The van der Waals surface area contributed by atoms with Gasteiger partial charge in [0.05, 0.1) is 9.79 Å². The number of amides is 1. The molecule has 28 heavy (non-hydrogen) atoms. The molecule has 0 atom stereocenters. The number of hydrogen-bond acceptors (Lipinski definition) is 7. The van der Waals surface area contributed by atoms with E-state index in [4.69, 9.17) is 4.42 Å². The van der Waals surface area contributed by atoms with Gasteiger partial charge in [0.25, 0.3) is 0 Å². The molecule has 1 N–H and O–H groups in total. The van der Waals surface area contributed by atoms with E-state index in [0.29, 0.717) is 11.1 Å². The third-order valence-electron chi connectivity index (χ3n) is 4.30. The molecule has 0 saturated heterocycles. The quantitative estimate of drug-likeness (QED) is 0.670. The molecule has 8 nitrogen and oxygen atoms in total. The van der Waals surface area contributed by atoms with Crippen LogP contribution in [0.2, 0.25) is 0 Å². The second-order valence-corrected chi connectivity index (χ2v) is 11.2. The lowest BCUT2D eigenvalue weighted by Gasteiger charge is -2.23. The van der Waals surface area contributed by atoms with E-state index in [1.807, 2.05) is 0 Å². The SMILES string of the molecule is CC(C)(C(=O)Nc1nc2ccccc2o1)S(=O)(=O)c1ccc(S(C)(=O)=O)cc1. The molecule has 0 fully saturated rings. The molecular formula is C18H18N2O6S2. The highest BCUT2D eigenvalue weighted by Gasteiger charge is 2.43. The Bertz CT molecular complexity index is 1220. The third-order valence-corrected chi connectivity index (χ3v) is 7.85. The molecule has 0 aliphatic rings. The topological polar surface area (TPSA) is 123 Å². The molecule has 1 aromatic heterocycles. The Labute approximate surface area is 162 Å². The van der Waals surface area contributed by atoms with Gasteiger partial charge in [-0.15, -0.1) is 0 Å². The van der Waals surface area contributed by atoms with Crippen LogP contribution in [0, 0.1) is 0 Å². The van der Waals surface area contributed by atoms with E-state index < -0.39 is 30.3 Å². The first kappa shape index (κ1) is 20.0. The summed E-state index contributed by atoms with van der Waals surface area (Å²) >= 11 is 0. The molecule has 3 aromatic rings. The highest BCUT2D eigenvalue weighted by Crippen LogP contribution is 2.28. The standard InChI is InChI=1S/C18H18N2O6S2/c1-18(2,16(21)20-17-19-14-6-4-5-7-15(14)26-17)28(24,25)13-10-8-12(9-11-13)27(3,22)23/h4-11H,1-3H3,(H,19,20,21). The fraction of sp³-hybridized carbons (Fsp3) is 0.222. The Hall–Kier alpha value is -2.72. The van der Waals surface area contributed by atoms with Crippen LogP contribution in [-0.4, -0.2) is 38.7 Å². The summed E-state index contributed by atoms with van der Waals surface area (Å²) < 4.78 is 52.5. The zero-order chi connectivity index (χ0) is 20.7. The monoisotopic (exact) mass is 422 g/mol. The van der Waals surface area contributed by atoms with Gasteiger partial charge in [-0.05, 0) is 50.2 Å². The fourth-order valence-corrected chi connectivity index (χ4v) is 4.47. The van der Waals surface area contributed by atoms with E-state index in [0.717, 1.165) is 6.26 Å². The van der Waals surface area contributed by atoms with Gasteiger partial charge >= 0.3 is 6.01 Å². The Balaban J connectivity index is 1.89. The summed E-state index contributed by atoms with van der Waals surface area (Å²) in [5, 5.41) is 2.39. The molecule has 0 saturated carbocycles. The lowest BCUT2D eigenvalue weighted by atomic mass is 10.2. The minimum Gasteiger partial charge on any atom is -0.423 e. The molecule has 0 bridgehead atoms. The summed E-state index contributed by atoms with van der Waals surface area (Å²) in [6.45, 7) is 2.51. The number of para-hydroxylation sites is 2. The summed E-state index contributed by atoms with van der Waals surface area (Å²) in [4.78, 5) is 16.6. The fourth-order valence-electron chi connectivity index (χ4n) is 2.46. The number of rotatable bonds is 5. The summed E-state index contributed by atoms with van der Waals surface area (Å²) in [7, 11) is -7.59. The van der Waals surface area contributed by atoms with E-state index in [1.54, 1.807) is 24.3 Å². The van der Waals surface area contributed by atoms with Crippen molar-refractivity contribution in [1.82, 2.24) is 4.98 Å². The van der Waals surface area contributed by atoms with Gasteiger partial charge < -0.3 is 4.42 Å². The van der Waals surface area contributed by atoms with Crippen LogP contribution in [0.25, 0.3) is 11.1 Å². The van der Waals surface area contributed by atoms with Gasteiger partial charge in [-0.3, -0.25) is 10.1 Å². The zero-order valence-corrected chi connectivity index (χ0v) is 17.0. The maximum Gasteiger partial charge on any atom is 0.302 e. The van der Waals surface area contributed by atoms with Crippen LogP contribution in [0.3, 0.4) is 0 Å². The molecule has 2 aromatic carbocycles. The molecule has 1 heterocycles. The lowest BCUT2D eigenvalue weighted by Crippen LogP contribution is -2.44. The zero-order valence-electron chi connectivity index (χ0n) is 15.3. The largest absolute Gasteiger partial charge is 0.423 e. The first-order valence-corrected chi connectivity index (χ1v) is 11.5. The molecule has 1 amide bonds. The minimum atomic E-state index is -4.13. The van der Waals surface area contributed by atoms with Crippen molar-refractivity contribution in [3.8, 4) is 0 Å². The maximum absolute atomic E-state index is 13.0. The summed E-state index contributed by atoms with van der Waals surface area (Å²) in [6.07, 6.45) is 1.02. The van der Waals surface area contributed by atoms with Crippen molar-refractivity contribution >= 4 is 42.7 Å².